The van der Waals surface area contributed by atoms with Crippen LogP contribution >= 0.6 is 0 Å². The summed E-state index contributed by atoms with van der Waals surface area (Å²) in [4.78, 5) is 4.16. The van der Waals surface area contributed by atoms with Crippen LogP contribution in [0, 0.1) is 23.7 Å². The number of nitrogens with one attached hydrogen (secondary N) is 1. The molecule has 0 aliphatic rings. The number of terminal acetylenes is 1. The predicted octanol–water partition coefficient (Wildman–Crippen LogP) is 2.03. The Hall–Kier alpha value is -3.36. The van der Waals surface area contributed by atoms with E-state index in [0.29, 0.717) is 22.6 Å². The predicted molar refractivity (Wildman–Crippen MR) is 94.0 cm³/mol. The molecule has 3 aromatic rings. The van der Waals surface area contributed by atoms with Gasteiger partial charge in [0.2, 0.25) is 10.0 Å². The first kappa shape index (κ1) is 16.5. The molecule has 0 saturated carbocycles. The van der Waals surface area contributed by atoms with Crippen molar-refractivity contribution in [2.24, 2.45) is 0 Å². The quantitative estimate of drug-likeness (QED) is 0.709. The van der Waals surface area contributed by atoms with Gasteiger partial charge >= 0.3 is 0 Å². The van der Waals surface area contributed by atoms with Gasteiger partial charge in [-0.1, -0.05) is 12.1 Å². The molecule has 0 fully saturated rings. The Labute approximate surface area is 145 Å². The molecule has 124 valence electrons. The van der Waals surface area contributed by atoms with Crippen LogP contribution in [0.4, 0.5) is 5.69 Å². The average Bonchev–Trinajstić information content (AvgIpc) is 3.03. The van der Waals surface area contributed by atoms with Crippen molar-refractivity contribution in [3.8, 4) is 29.7 Å². The fraction of sp³-hybridized carbons (Fsp3) is 0.118. The number of nitrogens with zero attached hydrogens (tertiary/aromatic N) is 4. The normalized spacial score (nSPS) is 11.0. The first-order valence-electron chi connectivity index (χ1n) is 7.31. The zero-order valence-electron chi connectivity index (χ0n) is 13.0. The lowest BCUT2D eigenvalue weighted by atomic mass is 10.1. The van der Waals surface area contributed by atoms with E-state index in [1.54, 1.807) is 35.0 Å². The summed E-state index contributed by atoms with van der Waals surface area (Å²) in [5.74, 6) is 2.17. The third-order valence-electron chi connectivity index (χ3n) is 3.47. The SMILES string of the molecule is C#CCCS(=O)(=O)Nc1cccc(-c2ccnc3c(C#N)cnn23)c1. The first-order valence-corrected chi connectivity index (χ1v) is 8.96. The minimum atomic E-state index is -3.51. The molecule has 3 rings (SSSR count). The molecule has 0 unspecified atom stereocenters. The number of fused-ring (bicyclic) bond motifs is 1. The number of aromatic nitrogens is 3. The van der Waals surface area contributed by atoms with E-state index in [2.05, 4.69) is 20.7 Å². The van der Waals surface area contributed by atoms with Gasteiger partial charge in [0, 0.05) is 23.9 Å². The Balaban J connectivity index is 1.99. The van der Waals surface area contributed by atoms with Crippen LogP contribution < -0.4 is 4.72 Å². The summed E-state index contributed by atoms with van der Waals surface area (Å²) < 4.78 is 28.0. The lowest BCUT2D eigenvalue weighted by Gasteiger charge is -2.09. The Morgan fingerprint density at radius 2 is 2.16 bits per heavy atom. The van der Waals surface area contributed by atoms with Crippen LogP contribution in [0.15, 0.2) is 42.7 Å². The Bertz CT molecular complexity index is 1120. The third-order valence-corrected chi connectivity index (χ3v) is 4.76. The van der Waals surface area contributed by atoms with E-state index in [4.69, 9.17) is 11.7 Å². The highest BCUT2D eigenvalue weighted by Crippen LogP contribution is 2.24. The second-order valence-corrected chi connectivity index (χ2v) is 7.03. The number of sulfonamides is 1. The van der Waals surface area contributed by atoms with Crippen LogP contribution in [0.1, 0.15) is 12.0 Å². The molecule has 0 atom stereocenters. The van der Waals surface area contributed by atoms with Gasteiger partial charge in [0.25, 0.3) is 0 Å². The molecule has 0 radical (unpaired) electrons. The fourth-order valence-corrected chi connectivity index (χ4v) is 3.33. The van der Waals surface area contributed by atoms with Crippen molar-refractivity contribution in [3.05, 3.63) is 48.3 Å². The lowest BCUT2D eigenvalue weighted by molar-refractivity contribution is 0.601. The molecule has 0 aliphatic heterocycles. The summed E-state index contributed by atoms with van der Waals surface area (Å²) in [5.41, 5.74) is 2.66. The van der Waals surface area contributed by atoms with E-state index in [9.17, 15) is 8.42 Å². The molecular formula is C17H13N5O2S. The number of nitriles is 1. The summed E-state index contributed by atoms with van der Waals surface area (Å²) in [6, 6.07) is 10.7. The standard InChI is InChI=1S/C17H13N5O2S/c1-2-3-9-25(23,24)21-15-6-4-5-13(10-15)16-7-8-19-17-14(11-18)12-20-22(16)17/h1,4-8,10,12,21H,3,9H2. The fourth-order valence-electron chi connectivity index (χ4n) is 2.35. The Morgan fingerprint density at radius 1 is 1.32 bits per heavy atom. The molecule has 1 aromatic carbocycles. The minimum Gasteiger partial charge on any atom is -0.284 e. The minimum absolute atomic E-state index is 0.141. The average molecular weight is 351 g/mol. The van der Waals surface area contributed by atoms with Crippen LogP contribution in [0.5, 0.6) is 0 Å². The van der Waals surface area contributed by atoms with E-state index in [1.165, 1.54) is 6.20 Å². The zero-order chi connectivity index (χ0) is 17.9. The highest BCUT2D eigenvalue weighted by molar-refractivity contribution is 7.92. The molecule has 0 bridgehead atoms. The summed E-state index contributed by atoms with van der Waals surface area (Å²) in [5, 5.41) is 13.3. The van der Waals surface area contributed by atoms with Crippen molar-refractivity contribution in [2.45, 2.75) is 6.42 Å². The van der Waals surface area contributed by atoms with Crippen LogP contribution in [0.3, 0.4) is 0 Å². The molecule has 0 spiro atoms. The van der Waals surface area contributed by atoms with Crippen molar-refractivity contribution in [1.82, 2.24) is 14.6 Å². The molecule has 2 aromatic heterocycles. The third kappa shape index (κ3) is 3.44. The van der Waals surface area contributed by atoms with Gasteiger partial charge in [0.1, 0.15) is 11.6 Å². The summed E-state index contributed by atoms with van der Waals surface area (Å²) in [7, 11) is -3.51. The van der Waals surface area contributed by atoms with E-state index >= 15 is 0 Å². The first-order chi connectivity index (χ1) is 12.0. The van der Waals surface area contributed by atoms with Gasteiger partial charge in [-0.05, 0) is 18.2 Å². The van der Waals surface area contributed by atoms with Gasteiger partial charge in [-0.15, -0.1) is 12.3 Å². The summed E-state index contributed by atoms with van der Waals surface area (Å²) in [6.45, 7) is 0. The van der Waals surface area contributed by atoms with Gasteiger partial charge in [0.15, 0.2) is 5.65 Å². The molecule has 2 heterocycles. The Morgan fingerprint density at radius 3 is 2.92 bits per heavy atom. The maximum Gasteiger partial charge on any atom is 0.233 e. The van der Waals surface area contributed by atoms with Gasteiger partial charge in [-0.3, -0.25) is 4.72 Å². The highest BCUT2D eigenvalue weighted by Gasteiger charge is 2.12. The van der Waals surface area contributed by atoms with E-state index in [1.807, 2.05) is 12.1 Å². The summed E-state index contributed by atoms with van der Waals surface area (Å²) in [6.07, 6.45) is 8.28. The smallest absolute Gasteiger partial charge is 0.233 e. The molecule has 0 amide bonds. The number of anilines is 1. The van der Waals surface area contributed by atoms with Crippen LogP contribution in [0.2, 0.25) is 0 Å². The van der Waals surface area contributed by atoms with Gasteiger partial charge < -0.3 is 0 Å². The molecule has 25 heavy (non-hydrogen) atoms. The largest absolute Gasteiger partial charge is 0.284 e. The second-order valence-electron chi connectivity index (χ2n) is 5.19. The van der Waals surface area contributed by atoms with Crippen molar-refractivity contribution in [3.63, 3.8) is 0 Å². The van der Waals surface area contributed by atoms with E-state index in [-0.39, 0.29) is 12.2 Å². The van der Waals surface area contributed by atoms with E-state index < -0.39 is 10.0 Å². The second kappa shape index (κ2) is 6.63. The number of hydrogen-bond donors (Lipinski definition) is 1. The Kier molecular flexibility index (Phi) is 4.38. The van der Waals surface area contributed by atoms with Crippen LogP contribution in [-0.4, -0.2) is 28.8 Å². The maximum absolute atomic E-state index is 12.0. The summed E-state index contributed by atoms with van der Waals surface area (Å²) >= 11 is 0. The maximum atomic E-state index is 12.0. The number of hydrogen-bond acceptors (Lipinski definition) is 5. The molecule has 1 N–H and O–H groups in total. The number of rotatable bonds is 5. The van der Waals surface area contributed by atoms with E-state index in [0.717, 1.165) is 5.56 Å². The molecule has 0 saturated heterocycles. The molecular weight excluding hydrogens is 338 g/mol. The number of benzene rings is 1. The molecule has 0 aliphatic carbocycles. The van der Waals surface area contributed by atoms with Crippen molar-refractivity contribution < 1.29 is 8.42 Å². The molecule has 7 nitrogen and oxygen atoms in total. The lowest BCUT2D eigenvalue weighted by Crippen LogP contribution is -2.16. The van der Waals surface area contributed by atoms with Crippen LogP contribution in [0.25, 0.3) is 16.9 Å². The highest BCUT2D eigenvalue weighted by atomic mass is 32.2. The monoisotopic (exact) mass is 351 g/mol. The van der Waals surface area contributed by atoms with Gasteiger partial charge in [-0.2, -0.15) is 10.4 Å². The zero-order valence-corrected chi connectivity index (χ0v) is 13.9. The van der Waals surface area contributed by atoms with Crippen molar-refractivity contribution in [2.75, 3.05) is 10.5 Å². The van der Waals surface area contributed by atoms with Crippen molar-refractivity contribution >= 4 is 21.4 Å². The molecule has 8 heteroatoms. The van der Waals surface area contributed by atoms with Gasteiger partial charge in [0.05, 0.1) is 17.6 Å². The van der Waals surface area contributed by atoms with Gasteiger partial charge in [-0.25, -0.2) is 17.9 Å². The van der Waals surface area contributed by atoms with Crippen molar-refractivity contribution in [1.29, 1.82) is 5.26 Å². The topological polar surface area (TPSA) is 100 Å². The van der Waals surface area contributed by atoms with Crippen LogP contribution in [-0.2, 0) is 10.0 Å².